The maximum atomic E-state index is 12.4. The van der Waals surface area contributed by atoms with Crippen molar-refractivity contribution in [2.24, 2.45) is 5.92 Å². The standard InChI is InChI=1S/C22H26N2O7S/c1-15(2)12-19(22(27)30-3)23-20(25)14-31-21(26)16-8-7-9-17(13-16)24-32(28,29)18-10-5-4-6-11-18/h4-11,13,15,19,24H,12,14H2,1-3H3,(H,23,25). The van der Waals surface area contributed by atoms with E-state index in [4.69, 9.17) is 4.74 Å². The molecule has 32 heavy (non-hydrogen) atoms. The van der Waals surface area contributed by atoms with Gasteiger partial charge in [0.1, 0.15) is 6.04 Å². The summed E-state index contributed by atoms with van der Waals surface area (Å²) in [4.78, 5) is 36.3. The summed E-state index contributed by atoms with van der Waals surface area (Å²) >= 11 is 0. The van der Waals surface area contributed by atoms with Gasteiger partial charge in [0.15, 0.2) is 6.61 Å². The van der Waals surface area contributed by atoms with E-state index in [0.29, 0.717) is 6.42 Å². The number of benzene rings is 2. The molecule has 1 unspecified atom stereocenters. The SMILES string of the molecule is COC(=O)C(CC(C)C)NC(=O)COC(=O)c1cccc(NS(=O)(=O)c2ccccc2)c1. The molecule has 0 aliphatic carbocycles. The molecule has 2 rings (SSSR count). The first-order chi connectivity index (χ1) is 15.1. The largest absolute Gasteiger partial charge is 0.467 e. The molecule has 1 amide bonds. The van der Waals surface area contributed by atoms with Gasteiger partial charge in [-0.05, 0) is 42.7 Å². The van der Waals surface area contributed by atoms with E-state index in [2.05, 4.69) is 14.8 Å². The van der Waals surface area contributed by atoms with Crippen LogP contribution in [0.15, 0.2) is 59.5 Å². The summed E-state index contributed by atoms with van der Waals surface area (Å²) in [6.45, 7) is 3.17. The van der Waals surface area contributed by atoms with Crippen molar-refractivity contribution in [1.29, 1.82) is 0 Å². The lowest BCUT2D eigenvalue weighted by atomic mass is 10.0. The summed E-state index contributed by atoms with van der Waals surface area (Å²) in [7, 11) is -2.60. The Kier molecular flexibility index (Phi) is 8.77. The van der Waals surface area contributed by atoms with Crippen molar-refractivity contribution in [3.8, 4) is 0 Å². The van der Waals surface area contributed by atoms with E-state index >= 15 is 0 Å². The second-order valence-corrected chi connectivity index (χ2v) is 9.03. The molecule has 0 heterocycles. The Balaban J connectivity index is 1.99. The average molecular weight is 463 g/mol. The minimum atomic E-state index is -3.83. The maximum absolute atomic E-state index is 12.4. The van der Waals surface area contributed by atoms with Gasteiger partial charge >= 0.3 is 11.9 Å². The van der Waals surface area contributed by atoms with E-state index < -0.39 is 40.5 Å². The molecule has 0 aliphatic rings. The van der Waals surface area contributed by atoms with E-state index in [9.17, 15) is 22.8 Å². The third-order valence-electron chi connectivity index (χ3n) is 4.27. The zero-order valence-electron chi connectivity index (χ0n) is 18.0. The second kappa shape index (κ2) is 11.3. The first-order valence-corrected chi connectivity index (χ1v) is 11.3. The molecule has 2 N–H and O–H groups in total. The molecule has 0 saturated heterocycles. The number of carbonyl (C=O) groups is 3. The molecule has 0 radical (unpaired) electrons. The van der Waals surface area contributed by atoms with Crippen LogP contribution in [0.3, 0.4) is 0 Å². The van der Waals surface area contributed by atoms with Crippen LogP contribution < -0.4 is 10.0 Å². The number of carbonyl (C=O) groups excluding carboxylic acids is 3. The number of anilines is 1. The number of sulfonamides is 1. The molecule has 9 nitrogen and oxygen atoms in total. The van der Waals surface area contributed by atoms with E-state index in [1.54, 1.807) is 18.2 Å². The van der Waals surface area contributed by atoms with Crippen LogP contribution in [0.2, 0.25) is 0 Å². The highest BCUT2D eigenvalue weighted by Gasteiger charge is 2.23. The van der Waals surface area contributed by atoms with Gasteiger partial charge in [0, 0.05) is 5.69 Å². The summed E-state index contributed by atoms with van der Waals surface area (Å²) in [5, 5.41) is 2.48. The quantitative estimate of drug-likeness (QED) is 0.519. The fraction of sp³-hybridized carbons (Fsp3) is 0.318. The summed E-state index contributed by atoms with van der Waals surface area (Å²) in [5.74, 6) is -1.93. The van der Waals surface area contributed by atoms with Crippen molar-refractivity contribution < 1.29 is 32.3 Å². The van der Waals surface area contributed by atoms with Gasteiger partial charge in [-0.1, -0.05) is 38.1 Å². The van der Waals surface area contributed by atoms with Crippen molar-refractivity contribution in [2.75, 3.05) is 18.4 Å². The minimum absolute atomic E-state index is 0.0535. The Labute approximate surface area is 187 Å². The number of esters is 2. The molecule has 172 valence electrons. The second-order valence-electron chi connectivity index (χ2n) is 7.35. The maximum Gasteiger partial charge on any atom is 0.338 e. The van der Waals surface area contributed by atoms with Crippen LogP contribution in [0.25, 0.3) is 0 Å². The Morgan fingerprint density at radius 3 is 2.31 bits per heavy atom. The zero-order chi connectivity index (χ0) is 23.7. The van der Waals surface area contributed by atoms with Gasteiger partial charge in [0.25, 0.3) is 15.9 Å². The van der Waals surface area contributed by atoms with Gasteiger partial charge in [0.2, 0.25) is 0 Å². The van der Waals surface area contributed by atoms with Crippen LogP contribution in [0.5, 0.6) is 0 Å². The summed E-state index contributed by atoms with van der Waals surface area (Å²) in [6, 6.07) is 12.6. The molecule has 0 saturated carbocycles. The molecule has 0 bridgehead atoms. The van der Waals surface area contributed by atoms with Gasteiger partial charge in [-0.25, -0.2) is 18.0 Å². The number of hydrogen-bond donors (Lipinski definition) is 2. The van der Waals surface area contributed by atoms with Gasteiger partial charge in [-0.3, -0.25) is 9.52 Å². The molecule has 2 aromatic rings. The summed E-state index contributed by atoms with van der Waals surface area (Å²) < 4.78 is 36.9. The predicted octanol–water partition coefficient (Wildman–Crippen LogP) is 2.35. The number of methoxy groups -OCH3 is 1. The van der Waals surface area contributed by atoms with Gasteiger partial charge < -0.3 is 14.8 Å². The van der Waals surface area contributed by atoms with Crippen molar-refractivity contribution in [1.82, 2.24) is 5.32 Å². The highest BCUT2D eigenvalue weighted by atomic mass is 32.2. The van der Waals surface area contributed by atoms with E-state index in [0.717, 1.165) is 0 Å². The lowest BCUT2D eigenvalue weighted by Gasteiger charge is -2.18. The van der Waals surface area contributed by atoms with Crippen molar-refractivity contribution >= 4 is 33.6 Å². The van der Waals surface area contributed by atoms with E-state index in [-0.39, 0.29) is 22.1 Å². The highest BCUT2D eigenvalue weighted by molar-refractivity contribution is 7.92. The Bertz CT molecular complexity index is 1050. The van der Waals surface area contributed by atoms with Crippen LogP contribution in [0, 0.1) is 5.92 Å². The van der Waals surface area contributed by atoms with Crippen LogP contribution >= 0.6 is 0 Å². The summed E-state index contributed by atoms with van der Waals surface area (Å²) in [6.07, 6.45) is 0.371. The molecule has 0 fully saturated rings. The number of ether oxygens (including phenoxy) is 2. The number of rotatable bonds is 10. The normalized spacial score (nSPS) is 12.0. The van der Waals surface area contributed by atoms with Crippen molar-refractivity contribution in [3.05, 3.63) is 60.2 Å². The lowest BCUT2D eigenvalue weighted by molar-refractivity contribution is -0.145. The zero-order valence-corrected chi connectivity index (χ0v) is 18.8. The molecule has 1 atom stereocenters. The minimum Gasteiger partial charge on any atom is -0.467 e. The topological polar surface area (TPSA) is 128 Å². The monoisotopic (exact) mass is 462 g/mol. The van der Waals surface area contributed by atoms with Crippen molar-refractivity contribution in [2.45, 2.75) is 31.2 Å². The fourth-order valence-electron chi connectivity index (χ4n) is 2.80. The van der Waals surface area contributed by atoms with Crippen LogP contribution in [-0.2, 0) is 29.1 Å². The Morgan fingerprint density at radius 1 is 1.00 bits per heavy atom. The predicted molar refractivity (Wildman–Crippen MR) is 117 cm³/mol. The third-order valence-corrected chi connectivity index (χ3v) is 5.66. The molecule has 0 aliphatic heterocycles. The van der Waals surface area contributed by atoms with Gasteiger partial charge in [0.05, 0.1) is 17.6 Å². The van der Waals surface area contributed by atoms with Crippen LogP contribution in [-0.4, -0.2) is 46.0 Å². The molecule has 10 heteroatoms. The number of nitrogens with one attached hydrogen (secondary N) is 2. The molecule has 0 spiro atoms. The van der Waals surface area contributed by atoms with Gasteiger partial charge in [-0.2, -0.15) is 0 Å². The number of hydrogen-bond acceptors (Lipinski definition) is 7. The third kappa shape index (κ3) is 7.38. The van der Waals surface area contributed by atoms with E-state index in [1.165, 1.54) is 43.5 Å². The van der Waals surface area contributed by atoms with Gasteiger partial charge in [-0.15, -0.1) is 0 Å². The number of amides is 1. The molecule has 2 aromatic carbocycles. The van der Waals surface area contributed by atoms with E-state index in [1.807, 2.05) is 13.8 Å². The fourth-order valence-corrected chi connectivity index (χ4v) is 3.87. The van der Waals surface area contributed by atoms with Crippen LogP contribution in [0.1, 0.15) is 30.6 Å². The first kappa shape index (κ1) is 24.9. The molecular formula is C22H26N2O7S. The van der Waals surface area contributed by atoms with Crippen LogP contribution in [0.4, 0.5) is 5.69 Å². The summed E-state index contributed by atoms with van der Waals surface area (Å²) in [5.41, 5.74) is 0.216. The Morgan fingerprint density at radius 2 is 1.69 bits per heavy atom. The smallest absolute Gasteiger partial charge is 0.338 e. The Hall–Kier alpha value is -3.40. The average Bonchev–Trinajstić information content (AvgIpc) is 2.76. The van der Waals surface area contributed by atoms with Crippen molar-refractivity contribution in [3.63, 3.8) is 0 Å². The molecule has 0 aromatic heterocycles. The highest BCUT2D eigenvalue weighted by Crippen LogP contribution is 2.17. The lowest BCUT2D eigenvalue weighted by Crippen LogP contribution is -2.44. The molecular weight excluding hydrogens is 436 g/mol. The first-order valence-electron chi connectivity index (χ1n) is 9.84.